The van der Waals surface area contributed by atoms with Gasteiger partial charge < -0.3 is 19.3 Å². The maximum Gasteiger partial charge on any atom is 0.333 e. The molecule has 0 bridgehead atoms. The van der Waals surface area contributed by atoms with Crippen molar-refractivity contribution < 1.29 is 19.3 Å². The molecule has 1 unspecified atom stereocenters. The van der Waals surface area contributed by atoms with Gasteiger partial charge in [0.2, 0.25) is 0 Å². The van der Waals surface area contributed by atoms with Crippen LogP contribution in [0.15, 0.2) is 56.8 Å². The quantitative estimate of drug-likeness (QED) is 0.503. The average molecular weight is 489 g/mol. The molecule has 3 heterocycles. The third-order valence-electron chi connectivity index (χ3n) is 6.42. The Morgan fingerprint density at radius 3 is 2.29 bits per heavy atom. The lowest BCUT2D eigenvalue weighted by Gasteiger charge is -2.24. The molecule has 1 aromatic heterocycles. The number of aliphatic hydroxyl groups is 1. The van der Waals surface area contributed by atoms with Gasteiger partial charge in [0.1, 0.15) is 18.3 Å². The highest BCUT2D eigenvalue weighted by molar-refractivity contribution is 5.06. The minimum atomic E-state index is -0.846. The predicted molar refractivity (Wildman–Crippen MR) is 135 cm³/mol. The molecule has 35 heavy (non-hydrogen) atoms. The summed E-state index contributed by atoms with van der Waals surface area (Å²) >= 11 is 0. The molecule has 0 aliphatic carbocycles. The summed E-state index contributed by atoms with van der Waals surface area (Å²) in [4.78, 5) is 25.7. The summed E-state index contributed by atoms with van der Waals surface area (Å²) < 4.78 is 20.3. The van der Waals surface area contributed by atoms with Crippen LogP contribution in [-0.2, 0) is 20.8 Å². The van der Waals surface area contributed by atoms with Crippen LogP contribution >= 0.6 is 0 Å². The van der Waals surface area contributed by atoms with Crippen LogP contribution in [0.3, 0.4) is 0 Å². The Bertz CT molecular complexity index is 1090. The largest absolute Gasteiger partial charge is 0.394 e. The molecule has 0 spiro atoms. The molecular formula is C27H40N2O6. The zero-order chi connectivity index (χ0) is 25.8. The van der Waals surface area contributed by atoms with Gasteiger partial charge in [0, 0.05) is 18.8 Å². The van der Waals surface area contributed by atoms with E-state index in [2.05, 4.69) is 32.9 Å². The fourth-order valence-corrected chi connectivity index (χ4v) is 4.51. The van der Waals surface area contributed by atoms with Gasteiger partial charge in [0.15, 0.2) is 12.0 Å². The molecule has 2 aliphatic rings. The summed E-state index contributed by atoms with van der Waals surface area (Å²) in [5.41, 5.74) is 2.98. The molecule has 0 saturated carbocycles. The predicted octanol–water partition coefficient (Wildman–Crippen LogP) is 3.84. The van der Waals surface area contributed by atoms with Crippen molar-refractivity contribution >= 4 is 0 Å². The number of hydrogen-bond donors (Lipinski definition) is 1. The van der Waals surface area contributed by atoms with E-state index < -0.39 is 36.0 Å². The number of nitrogens with zero attached hydrogens (tertiary/aromatic N) is 2. The molecule has 0 amide bonds. The maximum atomic E-state index is 13.2. The Morgan fingerprint density at radius 2 is 1.63 bits per heavy atom. The van der Waals surface area contributed by atoms with Gasteiger partial charge in [0.05, 0.1) is 6.61 Å². The van der Waals surface area contributed by atoms with E-state index in [4.69, 9.17) is 14.2 Å². The molecule has 2 saturated heterocycles. The smallest absolute Gasteiger partial charge is 0.333 e. The van der Waals surface area contributed by atoms with Crippen LogP contribution in [-0.4, -0.2) is 44.9 Å². The van der Waals surface area contributed by atoms with E-state index in [-0.39, 0.29) is 18.7 Å². The molecule has 8 heteroatoms. The highest BCUT2D eigenvalue weighted by Gasteiger charge is 2.55. The first kappa shape index (κ1) is 27.3. The van der Waals surface area contributed by atoms with Crippen molar-refractivity contribution in [1.82, 2.24) is 9.13 Å². The van der Waals surface area contributed by atoms with E-state index in [0.717, 1.165) is 31.3 Å². The highest BCUT2D eigenvalue weighted by atomic mass is 16.8. The number of aromatic nitrogens is 2. The molecule has 4 atom stereocenters. The van der Waals surface area contributed by atoms with E-state index in [1.54, 1.807) is 13.8 Å². The van der Waals surface area contributed by atoms with Crippen LogP contribution in [0.25, 0.3) is 0 Å². The van der Waals surface area contributed by atoms with Crippen molar-refractivity contribution in [2.24, 2.45) is 0 Å². The van der Waals surface area contributed by atoms with Crippen molar-refractivity contribution in [1.29, 1.82) is 0 Å². The van der Waals surface area contributed by atoms with Gasteiger partial charge in [0.25, 0.3) is 5.56 Å². The molecule has 194 valence electrons. The van der Waals surface area contributed by atoms with Gasteiger partial charge in [-0.2, -0.15) is 0 Å². The normalized spacial score (nSPS) is 26.1. The van der Waals surface area contributed by atoms with E-state index in [9.17, 15) is 14.7 Å². The molecule has 3 rings (SSSR count). The number of allylic oxidation sites excluding steroid dienone is 6. The zero-order valence-electron chi connectivity index (χ0n) is 21.8. The first-order chi connectivity index (χ1) is 16.5. The van der Waals surface area contributed by atoms with Gasteiger partial charge in [-0.1, -0.05) is 34.9 Å². The number of fused-ring (bicyclic) bond motifs is 1. The fourth-order valence-electron chi connectivity index (χ4n) is 4.51. The summed E-state index contributed by atoms with van der Waals surface area (Å²) in [5.74, 6) is -0.846. The first-order valence-electron chi connectivity index (χ1n) is 12.4. The Morgan fingerprint density at radius 1 is 1.00 bits per heavy atom. The van der Waals surface area contributed by atoms with Crippen molar-refractivity contribution in [3.8, 4) is 0 Å². The Kier molecular flexibility index (Phi) is 9.10. The van der Waals surface area contributed by atoms with Crippen LogP contribution in [0, 0.1) is 0 Å². The van der Waals surface area contributed by atoms with Crippen LogP contribution in [0.4, 0.5) is 0 Å². The second kappa shape index (κ2) is 11.6. The first-order valence-corrected chi connectivity index (χ1v) is 12.4. The molecule has 1 N–H and O–H groups in total. The Labute approximate surface area is 207 Å². The number of hydrogen-bond acceptors (Lipinski definition) is 6. The lowest BCUT2D eigenvalue weighted by atomic mass is 10.1. The van der Waals surface area contributed by atoms with Gasteiger partial charge in [-0.05, 0) is 67.2 Å². The van der Waals surface area contributed by atoms with Gasteiger partial charge in [-0.15, -0.1) is 0 Å². The molecule has 1 aromatic rings. The molecule has 8 nitrogen and oxygen atoms in total. The van der Waals surface area contributed by atoms with Crippen LogP contribution in [0.1, 0.15) is 73.5 Å². The lowest BCUT2D eigenvalue weighted by Crippen LogP contribution is -2.43. The maximum absolute atomic E-state index is 13.2. The minimum absolute atomic E-state index is 0.181. The SMILES string of the molecule is CC(C)=CCC/C(C)=C/CC/C(C)=C/Cn1c(=O)ccn([C@@H]2O[C@H](CO)[C@@H]3OC(C)(C)OC32)c1=O. The number of rotatable bonds is 10. The molecule has 2 aliphatic heterocycles. The molecular weight excluding hydrogens is 448 g/mol. The molecule has 0 radical (unpaired) electrons. The summed E-state index contributed by atoms with van der Waals surface area (Å²) in [5, 5.41) is 9.71. The zero-order valence-corrected chi connectivity index (χ0v) is 21.8. The minimum Gasteiger partial charge on any atom is -0.394 e. The third kappa shape index (κ3) is 6.91. The van der Waals surface area contributed by atoms with Crippen molar-refractivity contribution in [2.75, 3.05) is 6.61 Å². The highest BCUT2D eigenvalue weighted by Crippen LogP contribution is 2.42. The van der Waals surface area contributed by atoms with Gasteiger partial charge in [-0.25, -0.2) is 4.79 Å². The summed E-state index contributed by atoms with van der Waals surface area (Å²) in [6.07, 6.45) is 9.31. The van der Waals surface area contributed by atoms with Gasteiger partial charge >= 0.3 is 5.69 Å². The van der Waals surface area contributed by atoms with Crippen LogP contribution in [0.5, 0.6) is 0 Å². The Hall–Kier alpha value is -2.26. The van der Waals surface area contributed by atoms with E-state index in [1.165, 1.54) is 32.5 Å². The Balaban J connectivity index is 1.68. The summed E-state index contributed by atoms with van der Waals surface area (Å²) in [6.45, 7) is 11.9. The standard InChI is InChI=1S/C27H40N2O6/c1-18(2)9-7-10-19(3)11-8-12-20(4)13-15-28-22(31)14-16-29(26(28)32)25-24-23(21(17-30)33-25)34-27(5,6)35-24/h9,11,13-14,16,21,23-25,30H,7-8,10,12,15,17H2,1-6H3/b19-11+,20-13+/t21-,23+,24?,25-/m1/s1. The summed E-state index contributed by atoms with van der Waals surface area (Å²) in [7, 11) is 0. The second-order valence-electron chi connectivity index (χ2n) is 10.2. The molecule has 0 aromatic carbocycles. The van der Waals surface area contributed by atoms with Crippen molar-refractivity contribution in [2.45, 2.75) is 104 Å². The number of ether oxygens (including phenoxy) is 3. The molecule has 2 fully saturated rings. The monoisotopic (exact) mass is 488 g/mol. The van der Waals surface area contributed by atoms with Crippen LogP contribution < -0.4 is 11.2 Å². The third-order valence-corrected chi connectivity index (χ3v) is 6.42. The van der Waals surface area contributed by atoms with Gasteiger partial charge in [-0.3, -0.25) is 13.9 Å². The van der Waals surface area contributed by atoms with E-state index in [0.29, 0.717) is 0 Å². The van der Waals surface area contributed by atoms with Crippen LogP contribution in [0.2, 0.25) is 0 Å². The average Bonchev–Trinajstić information content (AvgIpc) is 3.26. The fraction of sp³-hybridized carbons (Fsp3) is 0.630. The second-order valence-corrected chi connectivity index (χ2v) is 10.2. The number of aliphatic hydroxyl groups excluding tert-OH is 1. The topological polar surface area (TPSA) is 91.9 Å². The van der Waals surface area contributed by atoms with Crippen molar-refractivity contribution in [3.63, 3.8) is 0 Å². The van der Waals surface area contributed by atoms with Crippen molar-refractivity contribution in [3.05, 3.63) is 68.0 Å². The van der Waals surface area contributed by atoms with E-state index in [1.807, 2.05) is 13.0 Å². The van der Waals surface area contributed by atoms with E-state index >= 15 is 0 Å². The summed E-state index contributed by atoms with van der Waals surface area (Å²) in [6, 6.07) is 1.36. The lowest BCUT2D eigenvalue weighted by molar-refractivity contribution is -0.200.